The monoisotopic (exact) mass is 725 g/mol. The minimum absolute atomic E-state index is 0.00409. The van der Waals surface area contributed by atoms with Crippen LogP contribution >= 0.6 is 0 Å². The molecule has 52 heavy (non-hydrogen) atoms. The van der Waals surface area contributed by atoms with Crippen LogP contribution in [0.3, 0.4) is 0 Å². The number of carbonyl (C=O) groups is 6. The lowest BCUT2D eigenvalue weighted by Crippen LogP contribution is -2.59. The standard InChI is InChI=1S/C35H51N9O8/c1-6-22(2)29(38-33(49)52-35(3,4)5)31(47)37-25(17-18-28(45)51-21-23-13-9-7-10-14-23)32(48)44-26(30(46)36-19-27-39-41-42-40-27)20-43(34(44)50)24-15-11-8-12-16-24/h7,9-10,13-14,22,24-26,29H,6,8,11-12,15-21H2,1-5H3,(H,36,46)(H,37,47)(H,38,49)(H,39,40,41,42)/t22-,25-,26-,29-/m0/s1. The van der Waals surface area contributed by atoms with Gasteiger partial charge in [-0.25, -0.2) is 14.5 Å². The number of benzene rings is 1. The maximum Gasteiger partial charge on any atom is 0.408 e. The van der Waals surface area contributed by atoms with Crippen molar-refractivity contribution in [2.45, 2.75) is 129 Å². The van der Waals surface area contributed by atoms with E-state index in [2.05, 4.69) is 36.6 Å². The molecule has 2 heterocycles. The van der Waals surface area contributed by atoms with Gasteiger partial charge in [-0.15, -0.1) is 10.2 Å². The highest BCUT2D eigenvalue weighted by molar-refractivity contribution is 6.05. The molecule has 6 amide bonds. The van der Waals surface area contributed by atoms with Gasteiger partial charge in [0.25, 0.3) is 5.91 Å². The first-order valence-electron chi connectivity index (χ1n) is 17.9. The third kappa shape index (κ3) is 11.2. The number of nitrogens with one attached hydrogen (secondary N) is 4. The van der Waals surface area contributed by atoms with Crippen LogP contribution in [0.5, 0.6) is 0 Å². The fourth-order valence-electron chi connectivity index (χ4n) is 6.20. The second-order valence-corrected chi connectivity index (χ2v) is 14.3. The average molecular weight is 726 g/mol. The Kier molecular flexibility index (Phi) is 14.1. The van der Waals surface area contributed by atoms with Crippen molar-refractivity contribution in [3.05, 3.63) is 41.7 Å². The number of hydrogen-bond donors (Lipinski definition) is 4. The van der Waals surface area contributed by atoms with Gasteiger partial charge in [-0.05, 0) is 51.5 Å². The number of aromatic nitrogens is 4. The normalized spacial score (nSPS) is 18.2. The lowest BCUT2D eigenvalue weighted by molar-refractivity contribution is -0.146. The molecule has 2 aromatic rings. The number of imide groups is 1. The molecule has 1 aliphatic carbocycles. The highest BCUT2D eigenvalue weighted by atomic mass is 16.6. The van der Waals surface area contributed by atoms with Gasteiger partial charge in [0.1, 0.15) is 30.3 Å². The lowest BCUT2D eigenvalue weighted by Gasteiger charge is -2.31. The number of rotatable bonds is 15. The second-order valence-electron chi connectivity index (χ2n) is 14.3. The van der Waals surface area contributed by atoms with Gasteiger partial charge >= 0.3 is 18.1 Å². The summed E-state index contributed by atoms with van der Waals surface area (Å²) in [5.41, 5.74) is -0.0692. The predicted octanol–water partition coefficient (Wildman–Crippen LogP) is 2.73. The fraction of sp³-hybridized carbons (Fsp3) is 0.629. The van der Waals surface area contributed by atoms with Gasteiger partial charge in [0, 0.05) is 12.5 Å². The lowest BCUT2D eigenvalue weighted by atomic mass is 9.94. The number of alkyl carbamates (subject to hydrolysis) is 1. The molecule has 0 unspecified atom stereocenters. The van der Waals surface area contributed by atoms with Gasteiger partial charge in [0.15, 0.2) is 5.82 Å². The van der Waals surface area contributed by atoms with Crippen molar-refractivity contribution < 1.29 is 38.2 Å². The Balaban J connectivity index is 1.59. The topological polar surface area (TPSA) is 218 Å². The number of carbonyl (C=O) groups excluding carboxylic acids is 6. The first-order chi connectivity index (χ1) is 24.8. The summed E-state index contributed by atoms with van der Waals surface area (Å²) in [5, 5.41) is 21.4. The van der Waals surface area contributed by atoms with E-state index < -0.39 is 65.5 Å². The molecule has 1 aromatic heterocycles. The molecule has 1 aromatic carbocycles. The smallest absolute Gasteiger partial charge is 0.408 e. The third-order valence-electron chi connectivity index (χ3n) is 9.16. The predicted molar refractivity (Wildman–Crippen MR) is 186 cm³/mol. The van der Waals surface area contributed by atoms with Crippen molar-refractivity contribution in [2.75, 3.05) is 6.54 Å². The molecule has 17 nitrogen and oxygen atoms in total. The summed E-state index contributed by atoms with van der Waals surface area (Å²) >= 11 is 0. The van der Waals surface area contributed by atoms with Crippen LogP contribution in [0.2, 0.25) is 0 Å². The van der Waals surface area contributed by atoms with Gasteiger partial charge in [-0.3, -0.25) is 19.2 Å². The number of amides is 6. The van der Waals surface area contributed by atoms with E-state index in [1.807, 2.05) is 25.1 Å². The molecule has 17 heteroatoms. The molecule has 4 rings (SSSR count). The van der Waals surface area contributed by atoms with E-state index >= 15 is 0 Å². The molecule has 1 saturated carbocycles. The summed E-state index contributed by atoms with van der Waals surface area (Å²) in [6.45, 7) is 8.51. The first kappa shape index (κ1) is 39.7. The molecule has 4 atom stereocenters. The molecule has 0 radical (unpaired) electrons. The Morgan fingerprint density at radius 1 is 1.04 bits per heavy atom. The number of urea groups is 1. The molecule has 2 aliphatic rings. The van der Waals surface area contributed by atoms with E-state index in [1.54, 1.807) is 44.7 Å². The Labute approximate surface area is 303 Å². The van der Waals surface area contributed by atoms with Gasteiger partial charge in [0.2, 0.25) is 11.8 Å². The van der Waals surface area contributed by atoms with Crippen LogP contribution < -0.4 is 16.0 Å². The summed E-state index contributed by atoms with van der Waals surface area (Å²) in [5.74, 6) is -3.03. The first-order valence-corrected chi connectivity index (χ1v) is 17.9. The summed E-state index contributed by atoms with van der Waals surface area (Å²) in [7, 11) is 0. The highest BCUT2D eigenvalue weighted by Crippen LogP contribution is 2.29. The number of H-pyrrole nitrogens is 1. The van der Waals surface area contributed by atoms with E-state index in [1.165, 1.54) is 0 Å². The van der Waals surface area contributed by atoms with Gasteiger partial charge < -0.3 is 30.3 Å². The fourth-order valence-corrected chi connectivity index (χ4v) is 6.20. The van der Waals surface area contributed by atoms with E-state index in [0.717, 1.165) is 42.6 Å². The number of esters is 1. The SMILES string of the molecule is CC[C@H](C)[C@H](NC(=O)OC(C)(C)C)C(=O)N[C@@H](CCC(=O)OCc1ccccc1)C(=O)N1C(=O)N(C2CCCCC2)C[C@H]1C(=O)NCc1nn[nH]n1. The van der Waals surface area contributed by atoms with Crippen LogP contribution in [0.4, 0.5) is 9.59 Å². The summed E-state index contributed by atoms with van der Waals surface area (Å²) < 4.78 is 10.8. The number of hydrogen-bond acceptors (Lipinski definition) is 11. The number of tetrazole rings is 1. The van der Waals surface area contributed by atoms with Gasteiger partial charge in [-0.1, -0.05) is 75.1 Å². The molecule has 0 bridgehead atoms. The minimum Gasteiger partial charge on any atom is -0.461 e. The van der Waals surface area contributed by atoms with Crippen LogP contribution in [-0.4, -0.2) is 103 Å². The van der Waals surface area contributed by atoms with Crippen molar-refractivity contribution in [2.24, 2.45) is 5.92 Å². The van der Waals surface area contributed by atoms with Crippen molar-refractivity contribution in [3.8, 4) is 0 Å². The van der Waals surface area contributed by atoms with E-state index in [4.69, 9.17) is 9.47 Å². The van der Waals surface area contributed by atoms with E-state index in [9.17, 15) is 28.8 Å². The number of nitrogens with zero attached hydrogens (tertiary/aromatic N) is 5. The Bertz CT molecular complexity index is 1530. The number of ether oxygens (including phenoxy) is 2. The summed E-state index contributed by atoms with van der Waals surface area (Å²) in [4.78, 5) is 84.2. The molecular formula is C35H51N9O8. The van der Waals surface area contributed by atoms with Crippen LogP contribution in [0.25, 0.3) is 0 Å². The highest BCUT2D eigenvalue weighted by Gasteiger charge is 2.49. The molecule has 284 valence electrons. The largest absolute Gasteiger partial charge is 0.461 e. The summed E-state index contributed by atoms with van der Waals surface area (Å²) in [6.07, 6.45) is 3.42. The maximum absolute atomic E-state index is 14.5. The van der Waals surface area contributed by atoms with Crippen molar-refractivity contribution >= 4 is 35.8 Å². The average Bonchev–Trinajstić information content (AvgIpc) is 3.77. The van der Waals surface area contributed by atoms with Crippen molar-refractivity contribution in [1.29, 1.82) is 0 Å². The molecule has 2 fully saturated rings. The quantitative estimate of drug-likeness (QED) is 0.196. The number of aromatic amines is 1. The third-order valence-corrected chi connectivity index (χ3v) is 9.16. The molecule has 4 N–H and O–H groups in total. The van der Waals surface area contributed by atoms with Crippen LogP contribution in [0.15, 0.2) is 30.3 Å². The second kappa shape index (κ2) is 18.4. The molecule has 1 aliphatic heterocycles. The maximum atomic E-state index is 14.5. The summed E-state index contributed by atoms with van der Waals surface area (Å²) in [6, 6.07) is 4.42. The van der Waals surface area contributed by atoms with Crippen molar-refractivity contribution in [1.82, 2.24) is 46.4 Å². The van der Waals surface area contributed by atoms with Crippen LogP contribution in [0, 0.1) is 5.92 Å². The van der Waals surface area contributed by atoms with E-state index in [0.29, 0.717) is 6.42 Å². The Morgan fingerprint density at radius 3 is 2.38 bits per heavy atom. The van der Waals surface area contributed by atoms with Crippen molar-refractivity contribution in [3.63, 3.8) is 0 Å². The Morgan fingerprint density at radius 2 is 1.75 bits per heavy atom. The zero-order valence-corrected chi connectivity index (χ0v) is 30.6. The molecular weight excluding hydrogens is 674 g/mol. The van der Waals surface area contributed by atoms with Crippen LogP contribution in [-0.2, 0) is 41.8 Å². The molecule has 1 saturated heterocycles. The van der Waals surface area contributed by atoms with E-state index in [-0.39, 0.29) is 44.4 Å². The zero-order valence-electron chi connectivity index (χ0n) is 30.6. The van der Waals surface area contributed by atoms with Gasteiger partial charge in [-0.2, -0.15) is 5.21 Å². The van der Waals surface area contributed by atoms with Crippen LogP contribution in [0.1, 0.15) is 97.4 Å². The Hall–Kier alpha value is -5.09. The van der Waals surface area contributed by atoms with Gasteiger partial charge in [0.05, 0.1) is 13.1 Å². The molecule has 0 spiro atoms. The minimum atomic E-state index is -1.44. The zero-order chi connectivity index (χ0) is 37.8.